The number of benzene rings is 1. The Morgan fingerprint density at radius 1 is 1.44 bits per heavy atom. The van der Waals surface area contributed by atoms with Gasteiger partial charge in [0.25, 0.3) is 0 Å². The van der Waals surface area contributed by atoms with E-state index in [1.54, 1.807) is 24.8 Å². The Kier molecular flexibility index (Phi) is 3.66. The van der Waals surface area contributed by atoms with Crippen LogP contribution in [-0.4, -0.2) is 26.4 Å². The lowest BCUT2D eigenvalue weighted by Gasteiger charge is -2.20. The van der Waals surface area contributed by atoms with E-state index in [1.165, 1.54) is 16.3 Å². The molecule has 4 heteroatoms. The maximum atomic E-state index is 11.3. The van der Waals surface area contributed by atoms with Gasteiger partial charge in [0.15, 0.2) is 5.78 Å². The van der Waals surface area contributed by atoms with E-state index in [9.17, 15) is 4.79 Å². The number of carbonyl (C=O) groups is 1. The number of carbonyl (C=O) groups excluding carboxylic acids is 1. The second kappa shape index (κ2) is 5.06. The molecule has 96 valence electrons. The molecule has 0 aliphatic carbocycles. The Morgan fingerprint density at radius 2 is 2.17 bits per heavy atom. The third-order valence-electron chi connectivity index (χ3n) is 2.87. The Bertz CT molecular complexity index is 509. The highest BCUT2D eigenvalue weighted by Gasteiger charge is 2.24. The standard InChI is InChI=1S/C14H18N2OS/c1-5-16-12-9-11(15(3)4)6-7-13(12)18-14(16)8-10(2)17/h6-9H,5H2,1-4H3. The number of hydrogen-bond acceptors (Lipinski definition) is 4. The fourth-order valence-electron chi connectivity index (χ4n) is 1.98. The molecule has 0 atom stereocenters. The first-order chi connectivity index (χ1) is 8.52. The number of thioether (sulfide) groups is 1. The summed E-state index contributed by atoms with van der Waals surface area (Å²) in [5, 5.41) is 1.02. The van der Waals surface area contributed by atoms with Crippen molar-refractivity contribution in [2.24, 2.45) is 0 Å². The molecule has 0 radical (unpaired) electrons. The average molecular weight is 262 g/mol. The molecule has 1 aliphatic heterocycles. The summed E-state index contributed by atoms with van der Waals surface area (Å²) >= 11 is 1.67. The van der Waals surface area contributed by atoms with Crippen molar-refractivity contribution in [3.63, 3.8) is 0 Å². The van der Waals surface area contributed by atoms with Crippen molar-refractivity contribution in [2.75, 3.05) is 30.4 Å². The van der Waals surface area contributed by atoms with Crippen LogP contribution in [0.15, 0.2) is 34.2 Å². The van der Waals surface area contributed by atoms with Crippen LogP contribution < -0.4 is 9.80 Å². The summed E-state index contributed by atoms with van der Waals surface area (Å²) in [6.45, 7) is 4.57. The van der Waals surface area contributed by atoms with E-state index in [4.69, 9.17) is 0 Å². The Balaban J connectivity index is 2.43. The predicted octanol–water partition coefficient (Wildman–Crippen LogP) is 3.12. The van der Waals surface area contributed by atoms with Crippen molar-refractivity contribution in [1.82, 2.24) is 0 Å². The highest BCUT2D eigenvalue weighted by molar-refractivity contribution is 8.03. The number of anilines is 2. The first-order valence-corrected chi connectivity index (χ1v) is 6.83. The molecule has 0 N–H and O–H groups in total. The topological polar surface area (TPSA) is 23.6 Å². The zero-order valence-corrected chi connectivity index (χ0v) is 12.0. The SMILES string of the molecule is CCN1C(=CC(C)=O)Sc2ccc(N(C)C)cc21. The fraction of sp³-hybridized carbons (Fsp3) is 0.357. The molecule has 0 saturated heterocycles. The zero-order valence-electron chi connectivity index (χ0n) is 11.2. The summed E-state index contributed by atoms with van der Waals surface area (Å²) < 4.78 is 0. The largest absolute Gasteiger partial charge is 0.378 e. The maximum Gasteiger partial charge on any atom is 0.155 e. The second-order valence-corrected chi connectivity index (χ2v) is 5.55. The maximum absolute atomic E-state index is 11.3. The number of nitrogens with zero attached hydrogens (tertiary/aromatic N) is 2. The van der Waals surface area contributed by atoms with Gasteiger partial charge in [0.1, 0.15) is 0 Å². The predicted molar refractivity (Wildman–Crippen MR) is 78.4 cm³/mol. The lowest BCUT2D eigenvalue weighted by molar-refractivity contribution is -0.112. The molecule has 1 aromatic carbocycles. The van der Waals surface area contributed by atoms with Gasteiger partial charge in [-0.3, -0.25) is 4.79 Å². The lowest BCUT2D eigenvalue weighted by atomic mass is 10.2. The van der Waals surface area contributed by atoms with Gasteiger partial charge in [-0.05, 0) is 32.0 Å². The van der Waals surface area contributed by atoms with Gasteiger partial charge < -0.3 is 9.80 Å². The Hall–Kier alpha value is -1.42. The van der Waals surface area contributed by atoms with Gasteiger partial charge in [0.2, 0.25) is 0 Å². The van der Waals surface area contributed by atoms with Gasteiger partial charge in [-0.15, -0.1) is 0 Å². The van der Waals surface area contributed by atoms with Crippen LogP contribution in [0.3, 0.4) is 0 Å². The van der Waals surface area contributed by atoms with Crippen LogP contribution >= 0.6 is 11.8 Å². The highest BCUT2D eigenvalue weighted by Crippen LogP contribution is 2.46. The molecular formula is C14H18N2OS. The number of fused-ring (bicyclic) bond motifs is 1. The quantitative estimate of drug-likeness (QED) is 0.781. The van der Waals surface area contributed by atoms with E-state index >= 15 is 0 Å². The minimum Gasteiger partial charge on any atom is -0.378 e. The van der Waals surface area contributed by atoms with Crippen LogP contribution in [0.4, 0.5) is 11.4 Å². The van der Waals surface area contributed by atoms with Crippen LogP contribution in [0.25, 0.3) is 0 Å². The first kappa shape index (κ1) is 13.0. The van der Waals surface area contributed by atoms with Gasteiger partial charge in [0, 0.05) is 37.3 Å². The summed E-state index contributed by atoms with van der Waals surface area (Å²) in [6.07, 6.45) is 1.71. The lowest BCUT2D eigenvalue weighted by Crippen LogP contribution is -2.18. The third kappa shape index (κ3) is 2.38. The number of hydrogen-bond donors (Lipinski definition) is 0. The number of allylic oxidation sites excluding steroid dienone is 1. The molecule has 1 heterocycles. The van der Waals surface area contributed by atoms with E-state index in [0.717, 1.165) is 11.6 Å². The van der Waals surface area contributed by atoms with Crippen LogP contribution in [0.5, 0.6) is 0 Å². The molecule has 0 aromatic heterocycles. The monoisotopic (exact) mass is 262 g/mol. The number of rotatable bonds is 3. The summed E-state index contributed by atoms with van der Waals surface area (Å²) in [4.78, 5) is 16.8. The molecule has 2 rings (SSSR count). The smallest absolute Gasteiger partial charge is 0.155 e. The van der Waals surface area contributed by atoms with E-state index in [1.807, 2.05) is 14.1 Å². The Morgan fingerprint density at radius 3 is 2.72 bits per heavy atom. The van der Waals surface area contributed by atoms with E-state index in [0.29, 0.717) is 0 Å². The van der Waals surface area contributed by atoms with Crippen LogP contribution in [-0.2, 0) is 4.79 Å². The zero-order chi connectivity index (χ0) is 13.3. The molecule has 1 aromatic rings. The number of ketones is 1. The van der Waals surface area contributed by atoms with Gasteiger partial charge in [0.05, 0.1) is 10.7 Å². The van der Waals surface area contributed by atoms with Crippen molar-refractivity contribution in [1.29, 1.82) is 0 Å². The molecule has 0 unspecified atom stereocenters. The van der Waals surface area contributed by atoms with Crippen molar-refractivity contribution >= 4 is 28.9 Å². The molecule has 0 fully saturated rings. The molecule has 0 amide bonds. The van der Waals surface area contributed by atoms with Crippen molar-refractivity contribution in [3.05, 3.63) is 29.3 Å². The van der Waals surface area contributed by atoms with Crippen molar-refractivity contribution in [3.8, 4) is 0 Å². The average Bonchev–Trinajstić information content (AvgIpc) is 2.63. The minimum absolute atomic E-state index is 0.0941. The summed E-state index contributed by atoms with van der Waals surface area (Å²) in [7, 11) is 4.07. The van der Waals surface area contributed by atoms with Crippen LogP contribution in [0.1, 0.15) is 13.8 Å². The van der Waals surface area contributed by atoms with Gasteiger partial charge in [-0.2, -0.15) is 0 Å². The normalized spacial score (nSPS) is 16.0. The highest BCUT2D eigenvalue weighted by atomic mass is 32.2. The van der Waals surface area contributed by atoms with Gasteiger partial charge in [-0.25, -0.2) is 0 Å². The second-order valence-electron chi connectivity index (χ2n) is 4.49. The first-order valence-electron chi connectivity index (χ1n) is 6.02. The van der Waals surface area contributed by atoms with Gasteiger partial charge in [-0.1, -0.05) is 11.8 Å². The van der Waals surface area contributed by atoms with Crippen molar-refractivity contribution < 1.29 is 4.79 Å². The Labute approximate surface area is 112 Å². The molecule has 3 nitrogen and oxygen atoms in total. The van der Waals surface area contributed by atoms with E-state index in [-0.39, 0.29) is 5.78 Å². The summed E-state index contributed by atoms with van der Waals surface area (Å²) in [6, 6.07) is 6.40. The summed E-state index contributed by atoms with van der Waals surface area (Å²) in [5.74, 6) is 0.0941. The minimum atomic E-state index is 0.0941. The van der Waals surface area contributed by atoms with Gasteiger partial charge >= 0.3 is 0 Å². The van der Waals surface area contributed by atoms with E-state index < -0.39 is 0 Å². The fourth-order valence-corrected chi connectivity index (χ4v) is 3.17. The molecule has 0 spiro atoms. The molecule has 0 saturated carbocycles. The summed E-state index contributed by atoms with van der Waals surface area (Å²) in [5.41, 5.74) is 2.37. The van der Waals surface area contributed by atoms with Crippen molar-refractivity contribution in [2.45, 2.75) is 18.7 Å². The molecule has 0 bridgehead atoms. The van der Waals surface area contributed by atoms with Crippen LogP contribution in [0.2, 0.25) is 0 Å². The molecule has 1 aliphatic rings. The third-order valence-corrected chi connectivity index (χ3v) is 3.99. The van der Waals surface area contributed by atoms with Crippen LogP contribution in [0, 0.1) is 0 Å². The molecular weight excluding hydrogens is 244 g/mol. The van der Waals surface area contributed by atoms with E-state index in [2.05, 4.69) is 34.9 Å². The molecule has 18 heavy (non-hydrogen) atoms.